The predicted molar refractivity (Wildman–Crippen MR) is 139 cm³/mol. The van der Waals surface area contributed by atoms with Gasteiger partial charge >= 0.3 is 0 Å². The molecule has 0 aliphatic rings. The minimum atomic E-state index is 0.697. The summed E-state index contributed by atoms with van der Waals surface area (Å²) in [6.07, 6.45) is 2.23. The van der Waals surface area contributed by atoms with Crippen LogP contribution in [0.5, 0.6) is 5.75 Å². The Hall–Kier alpha value is -2.34. The fourth-order valence-electron chi connectivity index (χ4n) is 4.11. The van der Waals surface area contributed by atoms with Crippen molar-refractivity contribution in [1.29, 1.82) is 0 Å². The minimum Gasteiger partial charge on any atom is -0.497 e. The number of halogens is 1. The first-order valence-electron chi connectivity index (χ1n) is 11.2. The lowest BCUT2D eigenvalue weighted by Gasteiger charge is -2.21. The van der Waals surface area contributed by atoms with Crippen LogP contribution in [0, 0.1) is 6.92 Å². The summed E-state index contributed by atoms with van der Waals surface area (Å²) in [6.45, 7) is 8.52. The number of thiophene rings is 1. The molecule has 4 aromatic rings. The van der Waals surface area contributed by atoms with E-state index in [0.717, 1.165) is 72.3 Å². The van der Waals surface area contributed by atoms with E-state index in [0.29, 0.717) is 5.02 Å². The smallest absolute Gasteiger partial charge is 0.119 e. The van der Waals surface area contributed by atoms with Crippen molar-refractivity contribution in [3.63, 3.8) is 0 Å². The van der Waals surface area contributed by atoms with Crippen LogP contribution in [-0.2, 0) is 6.54 Å². The van der Waals surface area contributed by atoms with Crippen molar-refractivity contribution in [2.75, 3.05) is 32.1 Å². The predicted octanol–water partition coefficient (Wildman–Crippen LogP) is 7.13. The van der Waals surface area contributed by atoms with Gasteiger partial charge in [0, 0.05) is 45.2 Å². The van der Waals surface area contributed by atoms with Crippen LogP contribution in [0.15, 0.2) is 48.5 Å². The highest BCUT2D eigenvalue weighted by molar-refractivity contribution is 7.11. The monoisotopic (exact) mass is 467 g/mol. The molecular formula is C26H30ClN3OS. The summed E-state index contributed by atoms with van der Waals surface area (Å²) in [6, 6.07) is 16.4. The van der Waals surface area contributed by atoms with Crippen molar-refractivity contribution in [3.8, 4) is 5.75 Å². The van der Waals surface area contributed by atoms with E-state index >= 15 is 0 Å². The van der Waals surface area contributed by atoms with Gasteiger partial charge in [0.15, 0.2) is 0 Å². The van der Waals surface area contributed by atoms with Crippen LogP contribution in [0.1, 0.15) is 29.5 Å². The van der Waals surface area contributed by atoms with E-state index in [1.807, 2.05) is 35.6 Å². The van der Waals surface area contributed by atoms with Gasteiger partial charge in [0.25, 0.3) is 0 Å². The summed E-state index contributed by atoms with van der Waals surface area (Å²) < 4.78 is 5.47. The molecule has 0 aliphatic carbocycles. The molecule has 0 saturated heterocycles. The second kappa shape index (κ2) is 10.5. The van der Waals surface area contributed by atoms with E-state index in [4.69, 9.17) is 21.3 Å². The number of anilines is 1. The Bertz CT molecular complexity index is 1210. The van der Waals surface area contributed by atoms with Gasteiger partial charge in [0.2, 0.25) is 0 Å². The first kappa shape index (κ1) is 22.8. The standard InChI is InChI=1S/C26H30ClN3OS/c1-4-13-30(17-21-9-6-18(2)32-21)14-5-12-28-26-22-10-7-19(27)15-25(22)29-24-11-8-20(31-3)16-23(24)26/h6-11,15-16H,4-5,12-14,17H2,1-3H3,(H,28,29). The topological polar surface area (TPSA) is 37.4 Å². The normalized spacial score (nSPS) is 11.5. The van der Waals surface area contributed by atoms with E-state index < -0.39 is 0 Å². The molecule has 2 aromatic heterocycles. The quantitative estimate of drug-likeness (QED) is 0.199. The lowest BCUT2D eigenvalue weighted by atomic mass is 10.1. The SMILES string of the molecule is CCCN(CCCNc1c2ccc(Cl)cc2nc2ccc(OC)cc12)Cc1ccc(C)s1. The molecule has 2 aromatic carbocycles. The number of pyridine rings is 1. The van der Waals surface area contributed by atoms with Gasteiger partial charge in [-0.1, -0.05) is 18.5 Å². The highest BCUT2D eigenvalue weighted by Crippen LogP contribution is 2.34. The Morgan fingerprint density at radius 1 is 1.03 bits per heavy atom. The molecule has 4 rings (SSSR count). The third-order valence-corrected chi connectivity index (χ3v) is 6.83. The molecule has 0 aliphatic heterocycles. The summed E-state index contributed by atoms with van der Waals surface area (Å²) >= 11 is 8.14. The highest BCUT2D eigenvalue weighted by Gasteiger charge is 2.12. The first-order valence-corrected chi connectivity index (χ1v) is 12.4. The number of hydrogen-bond acceptors (Lipinski definition) is 5. The zero-order valence-corrected chi connectivity index (χ0v) is 20.5. The summed E-state index contributed by atoms with van der Waals surface area (Å²) in [5.41, 5.74) is 2.93. The van der Waals surface area contributed by atoms with Gasteiger partial charge in [-0.05, 0) is 74.8 Å². The number of benzene rings is 2. The second-order valence-corrected chi connectivity index (χ2v) is 9.91. The van der Waals surface area contributed by atoms with E-state index in [-0.39, 0.29) is 0 Å². The molecule has 0 bridgehead atoms. The van der Waals surface area contributed by atoms with E-state index in [1.54, 1.807) is 7.11 Å². The molecule has 6 heteroatoms. The van der Waals surface area contributed by atoms with Crippen LogP contribution in [0.2, 0.25) is 5.02 Å². The number of aryl methyl sites for hydroxylation is 1. The molecule has 0 radical (unpaired) electrons. The van der Waals surface area contributed by atoms with Crippen molar-refractivity contribution in [1.82, 2.24) is 9.88 Å². The average Bonchev–Trinajstić information content (AvgIpc) is 3.20. The maximum Gasteiger partial charge on any atom is 0.119 e. The molecule has 0 spiro atoms. The summed E-state index contributed by atoms with van der Waals surface area (Å²) in [5, 5.41) is 6.55. The van der Waals surface area contributed by atoms with Crippen LogP contribution < -0.4 is 10.1 Å². The Morgan fingerprint density at radius 2 is 1.91 bits per heavy atom. The fraction of sp³-hybridized carbons (Fsp3) is 0.346. The fourth-order valence-corrected chi connectivity index (χ4v) is 5.21. The molecule has 0 saturated carbocycles. The van der Waals surface area contributed by atoms with Crippen LogP contribution >= 0.6 is 22.9 Å². The van der Waals surface area contributed by atoms with Crippen molar-refractivity contribution in [2.45, 2.75) is 33.2 Å². The Kier molecular flexibility index (Phi) is 7.51. The number of hydrogen-bond donors (Lipinski definition) is 1. The van der Waals surface area contributed by atoms with Crippen LogP contribution in [0.25, 0.3) is 21.8 Å². The van der Waals surface area contributed by atoms with Gasteiger partial charge in [0.1, 0.15) is 5.75 Å². The van der Waals surface area contributed by atoms with E-state index in [1.165, 1.54) is 9.75 Å². The van der Waals surface area contributed by atoms with E-state index in [9.17, 15) is 0 Å². The van der Waals surface area contributed by atoms with Gasteiger partial charge in [-0.3, -0.25) is 4.90 Å². The van der Waals surface area contributed by atoms with E-state index in [2.05, 4.69) is 48.3 Å². The van der Waals surface area contributed by atoms with Crippen LogP contribution in [0.4, 0.5) is 5.69 Å². The van der Waals surface area contributed by atoms with Gasteiger partial charge in [0.05, 0.1) is 23.8 Å². The molecule has 2 heterocycles. The molecular weight excluding hydrogens is 438 g/mol. The van der Waals surface area contributed by atoms with Gasteiger partial charge in [-0.15, -0.1) is 11.3 Å². The zero-order valence-electron chi connectivity index (χ0n) is 19.0. The van der Waals surface area contributed by atoms with Crippen LogP contribution in [0.3, 0.4) is 0 Å². The number of nitrogens with one attached hydrogen (secondary N) is 1. The number of nitrogens with zero attached hydrogens (tertiary/aromatic N) is 2. The second-order valence-electron chi connectivity index (χ2n) is 8.10. The average molecular weight is 468 g/mol. The summed E-state index contributed by atoms with van der Waals surface area (Å²) in [5.74, 6) is 0.830. The number of rotatable bonds is 10. The first-order chi connectivity index (χ1) is 15.6. The third-order valence-electron chi connectivity index (χ3n) is 5.61. The Labute approximate surface area is 199 Å². The molecule has 0 fully saturated rings. The van der Waals surface area contributed by atoms with Gasteiger partial charge < -0.3 is 10.1 Å². The summed E-state index contributed by atoms with van der Waals surface area (Å²) in [7, 11) is 1.69. The number of ether oxygens (including phenoxy) is 1. The lowest BCUT2D eigenvalue weighted by Crippen LogP contribution is -2.26. The largest absolute Gasteiger partial charge is 0.497 e. The number of methoxy groups -OCH3 is 1. The zero-order chi connectivity index (χ0) is 22.5. The van der Waals surface area contributed by atoms with Crippen molar-refractivity contribution in [3.05, 3.63) is 63.3 Å². The third kappa shape index (κ3) is 5.34. The molecule has 32 heavy (non-hydrogen) atoms. The maximum atomic E-state index is 6.24. The molecule has 1 N–H and O–H groups in total. The van der Waals surface area contributed by atoms with Crippen molar-refractivity contribution >= 4 is 50.4 Å². The molecule has 4 nitrogen and oxygen atoms in total. The lowest BCUT2D eigenvalue weighted by molar-refractivity contribution is 0.267. The van der Waals surface area contributed by atoms with Crippen LogP contribution in [-0.4, -0.2) is 36.6 Å². The van der Waals surface area contributed by atoms with Crippen molar-refractivity contribution in [2.24, 2.45) is 0 Å². The Morgan fingerprint density at radius 3 is 2.66 bits per heavy atom. The minimum absolute atomic E-state index is 0.697. The molecule has 0 amide bonds. The summed E-state index contributed by atoms with van der Waals surface area (Å²) in [4.78, 5) is 10.2. The van der Waals surface area contributed by atoms with Crippen molar-refractivity contribution < 1.29 is 4.74 Å². The molecule has 0 atom stereocenters. The number of fused-ring (bicyclic) bond motifs is 2. The Balaban J connectivity index is 1.52. The molecule has 168 valence electrons. The van der Waals surface area contributed by atoms with Gasteiger partial charge in [-0.25, -0.2) is 4.98 Å². The maximum absolute atomic E-state index is 6.24. The van der Waals surface area contributed by atoms with Gasteiger partial charge in [-0.2, -0.15) is 0 Å². The number of aromatic nitrogens is 1. The highest BCUT2D eigenvalue weighted by atomic mass is 35.5. The molecule has 0 unspecified atom stereocenters.